The zero-order valence-corrected chi connectivity index (χ0v) is 11.6. The molecule has 0 aliphatic heterocycles. The molecule has 0 bridgehead atoms. The molecule has 0 atom stereocenters. The molecule has 0 saturated carbocycles. The molecule has 0 unspecified atom stereocenters. The minimum Gasteiger partial charge on any atom is -0.199 e. The summed E-state index contributed by atoms with van der Waals surface area (Å²) in [5.74, 6) is 0. The van der Waals surface area contributed by atoms with E-state index in [1.807, 2.05) is 13.0 Å². The SMILES string of the molecule is Cc1ccc(S(=O)(=O)/N=C/c2cccc(C#N)c2)cc1. The molecule has 4 nitrogen and oxygen atoms in total. The summed E-state index contributed by atoms with van der Waals surface area (Å²) in [6.45, 7) is 1.88. The molecular formula is C15H12N2O2S. The molecule has 5 heteroatoms. The Morgan fingerprint density at radius 1 is 1.15 bits per heavy atom. The standard InChI is InChI=1S/C15H12N2O2S/c1-12-5-7-15(8-6-12)20(18,19)17-11-14-4-2-3-13(9-14)10-16/h2-9,11H,1H3/b17-11+. The van der Waals surface area contributed by atoms with Crippen molar-refractivity contribution in [3.05, 3.63) is 65.2 Å². The van der Waals surface area contributed by atoms with Crippen LogP contribution in [0, 0.1) is 18.3 Å². The Labute approximate surface area is 118 Å². The molecule has 0 aliphatic rings. The van der Waals surface area contributed by atoms with Crippen molar-refractivity contribution >= 4 is 16.2 Å². The molecule has 2 aromatic rings. The summed E-state index contributed by atoms with van der Waals surface area (Å²) in [6.07, 6.45) is 1.25. The molecule has 0 heterocycles. The van der Waals surface area contributed by atoms with Crippen molar-refractivity contribution < 1.29 is 8.42 Å². The third kappa shape index (κ3) is 3.31. The third-order valence-electron chi connectivity index (χ3n) is 2.68. The van der Waals surface area contributed by atoms with E-state index in [1.54, 1.807) is 36.4 Å². The maximum absolute atomic E-state index is 12.0. The van der Waals surface area contributed by atoms with Gasteiger partial charge in [0.25, 0.3) is 10.0 Å². The van der Waals surface area contributed by atoms with Gasteiger partial charge >= 0.3 is 0 Å². The van der Waals surface area contributed by atoms with Crippen LogP contribution in [0.4, 0.5) is 0 Å². The smallest absolute Gasteiger partial charge is 0.199 e. The zero-order chi connectivity index (χ0) is 14.6. The Morgan fingerprint density at radius 3 is 2.50 bits per heavy atom. The van der Waals surface area contributed by atoms with Crippen molar-refractivity contribution in [1.82, 2.24) is 0 Å². The van der Waals surface area contributed by atoms with Crippen LogP contribution >= 0.6 is 0 Å². The van der Waals surface area contributed by atoms with Gasteiger partial charge in [-0.2, -0.15) is 18.1 Å². The molecular weight excluding hydrogens is 272 g/mol. The average molecular weight is 284 g/mol. The highest BCUT2D eigenvalue weighted by molar-refractivity contribution is 7.90. The lowest BCUT2D eigenvalue weighted by Crippen LogP contribution is -1.97. The summed E-state index contributed by atoms with van der Waals surface area (Å²) in [4.78, 5) is 0.149. The predicted molar refractivity (Wildman–Crippen MR) is 77.1 cm³/mol. The van der Waals surface area contributed by atoms with Crippen LogP contribution in [-0.2, 0) is 10.0 Å². The van der Waals surface area contributed by atoms with Gasteiger partial charge in [-0.3, -0.25) is 0 Å². The third-order valence-corrected chi connectivity index (χ3v) is 3.93. The maximum atomic E-state index is 12.0. The lowest BCUT2D eigenvalue weighted by molar-refractivity contribution is 0.598. The second-order valence-corrected chi connectivity index (χ2v) is 5.89. The minimum atomic E-state index is -3.71. The van der Waals surface area contributed by atoms with Crippen molar-refractivity contribution in [3.63, 3.8) is 0 Å². The molecule has 0 aliphatic carbocycles. The highest BCUT2D eigenvalue weighted by Gasteiger charge is 2.10. The quantitative estimate of drug-likeness (QED) is 0.813. The van der Waals surface area contributed by atoms with E-state index in [1.165, 1.54) is 18.3 Å². The first-order valence-electron chi connectivity index (χ1n) is 5.88. The number of hydrogen-bond acceptors (Lipinski definition) is 3. The molecule has 0 saturated heterocycles. The number of nitrogens with zero attached hydrogens (tertiary/aromatic N) is 2. The van der Waals surface area contributed by atoms with Crippen LogP contribution in [0.2, 0.25) is 0 Å². The molecule has 0 fully saturated rings. The molecule has 2 aromatic carbocycles. The van der Waals surface area contributed by atoms with Crippen molar-refractivity contribution in [2.24, 2.45) is 4.40 Å². The Balaban J connectivity index is 2.30. The lowest BCUT2D eigenvalue weighted by Gasteiger charge is -1.99. The van der Waals surface area contributed by atoms with E-state index in [9.17, 15) is 8.42 Å². The van der Waals surface area contributed by atoms with Crippen LogP contribution in [0.1, 0.15) is 16.7 Å². The number of rotatable bonds is 3. The molecule has 0 aromatic heterocycles. The molecule has 0 radical (unpaired) electrons. The molecule has 100 valence electrons. The van der Waals surface area contributed by atoms with E-state index in [2.05, 4.69) is 4.40 Å². The fourth-order valence-corrected chi connectivity index (χ4v) is 2.45. The molecule has 20 heavy (non-hydrogen) atoms. The first-order chi connectivity index (χ1) is 9.51. The number of nitriles is 1. The Hall–Kier alpha value is -2.45. The van der Waals surface area contributed by atoms with Crippen LogP contribution in [0.15, 0.2) is 57.8 Å². The van der Waals surface area contributed by atoms with Gasteiger partial charge in [-0.1, -0.05) is 29.8 Å². The van der Waals surface area contributed by atoms with E-state index in [-0.39, 0.29) is 4.90 Å². The summed E-state index contributed by atoms with van der Waals surface area (Å²) in [5, 5.41) is 8.78. The van der Waals surface area contributed by atoms with E-state index >= 15 is 0 Å². The second-order valence-electron chi connectivity index (χ2n) is 4.26. The van der Waals surface area contributed by atoms with E-state index in [4.69, 9.17) is 5.26 Å². The van der Waals surface area contributed by atoms with E-state index < -0.39 is 10.0 Å². The van der Waals surface area contributed by atoms with E-state index in [0.29, 0.717) is 11.1 Å². The fraction of sp³-hybridized carbons (Fsp3) is 0.0667. The number of hydrogen-bond donors (Lipinski definition) is 0. The summed E-state index contributed by atoms with van der Waals surface area (Å²) in [6, 6.07) is 15.1. The van der Waals surface area contributed by atoms with Gasteiger partial charge in [0.2, 0.25) is 0 Å². The van der Waals surface area contributed by atoms with Gasteiger partial charge < -0.3 is 0 Å². The van der Waals surface area contributed by atoms with Gasteiger partial charge in [0.1, 0.15) is 0 Å². The van der Waals surface area contributed by atoms with Gasteiger partial charge in [-0.05, 0) is 36.8 Å². The first-order valence-corrected chi connectivity index (χ1v) is 7.32. The second kappa shape index (κ2) is 5.68. The number of benzene rings is 2. The van der Waals surface area contributed by atoms with Gasteiger partial charge in [0, 0.05) is 6.21 Å². The van der Waals surface area contributed by atoms with Gasteiger partial charge in [0.05, 0.1) is 16.5 Å². The van der Waals surface area contributed by atoms with Crippen LogP contribution in [0.25, 0.3) is 0 Å². The molecule has 0 N–H and O–H groups in total. The Bertz CT molecular complexity index is 785. The largest absolute Gasteiger partial charge is 0.282 e. The molecule has 2 rings (SSSR count). The summed E-state index contributed by atoms with van der Waals surface area (Å²) < 4.78 is 27.7. The first kappa shape index (κ1) is 14.0. The lowest BCUT2D eigenvalue weighted by atomic mass is 10.1. The number of aryl methyl sites for hydroxylation is 1. The van der Waals surface area contributed by atoms with Gasteiger partial charge in [-0.25, -0.2) is 0 Å². The number of sulfonamides is 1. The van der Waals surface area contributed by atoms with Crippen LogP contribution in [0.5, 0.6) is 0 Å². The summed E-state index contributed by atoms with van der Waals surface area (Å²) in [7, 11) is -3.71. The summed E-state index contributed by atoms with van der Waals surface area (Å²) >= 11 is 0. The normalized spacial score (nSPS) is 11.4. The van der Waals surface area contributed by atoms with Crippen molar-refractivity contribution in [1.29, 1.82) is 5.26 Å². The Morgan fingerprint density at radius 2 is 1.85 bits per heavy atom. The Kier molecular flexibility index (Phi) is 3.97. The van der Waals surface area contributed by atoms with E-state index in [0.717, 1.165) is 5.56 Å². The molecule has 0 amide bonds. The van der Waals surface area contributed by atoms with Gasteiger partial charge in [0.15, 0.2) is 0 Å². The minimum absolute atomic E-state index is 0.149. The zero-order valence-electron chi connectivity index (χ0n) is 10.8. The molecule has 0 spiro atoms. The monoisotopic (exact) mass is 284 g/mol. The van der Waals surface area contributed by atoms with Crippen LogP contribution < -0.4 is 0 Å². The highest BCUT2D eigenvalue weighted by Crippen LogP contribution is 2.13. The predicted octanol–water partition coefficient (Wildman–Crippen LogP) is 2.67. The van der Waals surface area contributed by atoms with Crippen molar-refractivity contribution in [2.75, 3.05) is 0 Å². The highest BCUT2D eigenvalue weighted by atomic mass is 32.2. The van der Waals surface area contributed by atoms with Crippen LogP contribution in [-0.4, -0.2) is 14.6 Å². The van der Waals surface area contributed by atoms with Crippen LogP contribution in [0.3, 0.4) is 0 Å². The fourth-order valence-electron chi connectivity index (χ4n) is 1.59. The van der Waals surface area contributed by atoms with Gasteiger partial charge in [-0.15, -0.1) is 0 Å². The van der Waals surface area contributed by atoms with Crippen molar-refractivity contribution in [3.8, 4) is 6.07 Å². The summed E-state index contributed by atoms with van der Waals surface area (Å²) in [5.41, 5.74) is 2.01. The topological polar surface area (TPSA) is 70.3 Å². The van der Waals surface area contributed by atoms with Crippen molar-refractivity contribution in [2.45, 2.75) is 11.8 Å². The maximum Gasteiger partial charge on any atom is 0.282 e. The average Bonchev–Trinajstić information content (AvgIpc) is 2.46.